The van der Waals surface area contributed by atoms with Crippen LogP contribution in [0, 0.1) is 0 Å². The van der Waals surface area contributed by atoms with Crippen molar-refractivity contribution in [1.82, 2.24) is 9.88 Å². The minimum atomic E-state index is -0.115. The quantitative estimate of drug-likeness (QED) is 0.401. The first-order valence-electron chi connectivity index (χ1n) is 10.6. The summed E-state index contributed by atoms with van der Waals surface area (Å²) in [6.07, 6.45) is 0. The third-order valence-corrected chi connectivity index (χ3v) is 5.91. The number of methoxy groups -OCH3 is 2. The van der Waals surface area contributed by atoms with Crippen molar-refractivity contribution >= 4 is 17.2 Å². The van der Waals surface area contributed by atoms with Crippen LogP contribution in [0.4, 0.5) is 0 Å². The Morgan fingerprint density at radius 2 is 1.78 bits per heavy atom. The lowest BCUT2D eigenvalue weighted by Crippen LogP contribution is -2.33. The maximum atomic E-state index is 13.2. The number of aromatic nitrogens is 1. The second kappa shape index (κ2) is 11.6. The fourth-order valence-electron chi connectivity index (χ4n) is 3.36. The summed E-state index contributed by atoms with van der Waals surface area (Å²) in [4.78, 5) is 19.6. The van der Waals surface area contributed by atoms with E-state index in [-0.39, 0.29) is 5.91 Å². The Morgan fingerprint density at radius 3 is 2.50 bits per heavy atom. The monoisotopic (exact) mass is 454 g/mol. The largest absolute Gasteiger partial charge is 0.496 e. The molecule has 0 atom stereocenters. The van der Waals surface area contributed by atoms with Crippen LogP contribution < -0.4 is 9.47 Å². The minimum Gasteiger partial charge on any atom is -0.496 e. The zero-order chi connectivity index (χ0) is 22.9. The summed E-state index contributed by atoms with van der Waals surface area (Å²) in [5.74, 6) is 1.70. The molecule has 1 aromatic heterocycles. The minimum absolute atomic E-state index is 0.115. The average Bonchev–Trinajstić information content (AvgIpc) is 3.27. The maximum absolute atomic E-state index is 13.2. The number of thiazole rings is 1. The second-order valence-electron chi connectivity index (χ2n) is 7.63. The van der Waals surface area contributed by atoms with Gasteiger partial charge >= 0.3 is 0 Å². The van der Waals surface area contributed by atoms with E-state index in [0.29, 0.717) is 43.5 Å². The molecule has 3 aromatic rings. The normalized spacial score (nSPS) is 10.9. The molecule has 0 aliphatic rings. The van der Waals surface area contributed by atoms with Crippen molar-refractivity contribution in [3.05, 3.63) is 75.7 Å². The Bertz CT molecular complexity index is 1020. The van der Waals surface area contributed by atoms with Crippen LogP contribution in [0.5, 0.6) is 11.5 Å². The molecule has 0 aliphatic carbocycles. The number of nitrogens with zero attached hydrogens (tertiary/aromatic N) is 2. The zero-order valence-electron chi connectivity index (χ0n) is 19.0. The summed E-state index contributed by atoms with van der Waals surface area (Å²) >= 11 is 1.53. The van der Waals surface area contributed by atoms with Gasteiger partial charge in [-0.1, -0.05) is 44.2 Å². The van der Waals surface area contributed by atoms with Crippen LogP contribution in [-0.4, -0.2) is 43.2 Å². The molecule has 0 radical (unpaired) electrons. The van der Waals surface area contributed by atoms with Crippen LogP contribution in [0.3, 0.4) is 0 Å². The first-order chi connectivity index (χ1) is 15.5. The topological polar surface area (TPSA) is 60.9 Å². The molecule has 1 heterocycles. The summed E-state index contributed by atoms with van der Waals surface area (Å²) in [7, 11) is 3.19. The first-order valence-corrected chi connectivity index (χ1v) is 11.5. The fraction of sp³-hybridized carbons (Fsp3) is 0.360. The molecule has 0 N–H and O–H groups in total. The molecule has 0 saturated carbocycles. The molecule has 0 aliphatic heterocycles. The standard InChI is InChI=1S/C25H30N2O4S/c1-18(2)20-9-5-8-12-23(20)31-16-24-26-19(17-32-24)15-27(13-14-29-3)25(28)21-10-6-7-11-22(21)30-4/h5-12,17-18H,13-16H2,1-4H3. The number of carbonyl (C=O) groups excluding carboxylic acids is 1. The van der Waals surface area contributed by atoms with Crippen LogP contribution >= 0.6 is 11.3 Å². The van der Waals surface area contributed by atoms with Gasteiger partial charge in [0, 0.05) is 19.0 Å². The van der Waals surface area contributed by atoms with Crippen molar-refractivity contribution in [2.75, 3.05) is 27.4 Å². The average molecular weight is 455 g/mol. The first kappa shape index (κ1) is 23.8. The summed E-state index contributed by atoms with van der Waals surface area (Å²) in [6.45, 7) is 5.98. The summed E-state index contributed by atoms with van der Waals surface area (Å²) in [6, 6.07) is 15.3. The van der Waals surface area contributed by atoms with Gasteiger partial charge in [0.1, 0.15) is 23.1 Å². The van der Waals surface area contributed by atoms with Crippen molar-refractivity contribution in [2.45, 2.75) is 32.9 Å². The van der Waals surface area contributed by atoms with Crippen molar-refractivity contribution in [2.24, 2.45) is 0 Å². The number of ether oxygens (including phenoxy) is 3. The van der Waals surface area contributed by atoms with E-state index in [0.717, 1.165) is 16.5 Å². The van der Waals surface area contributed by atoms with E-state index >= 15 is 0 Å². The molecular weight excluding hydrogens is 424 g/mol. The third-order valence-electron chi connectivity index (χ3n) is 5.03. The zero-order valence-corrected chi connectivity index (χ0v) is 19.9. The van der Waals surface area contributed by atoms with Gasteiger partial charge < -0.3 is 19.1 Å². The van der Waals surface area contributed by atoms with E-state index in [1.165, 1.54) is 16.9 Å². The van der Waals surface area contributed by atoms with Crippen molar-refractivity contribution in [1.29, 1.82) is 0 Å². The smallest absolute Gasteiger partial charge is 0.258 e. The van der Waals surface area contributed by atoms with Crippen molar-refractivity contribution in [3.63, 3.8) is 0 Å². The molecule has 0 unspecified atom stereocenters. The van der Waals surface area contributed by atoms with Gasteiger partial charge in [-0.05, 0) is 29.7 Å². The highest BCUT2D eigenvalue weighted by Gasteiger charge is 2.20. The molecule has 3 rings (SSSR count). The number of rotatable bonds is 11. The van der Waals surface area contributed by atoms with Crippen LogP contribution in [0.25, 0.3) is 0 Å². The maximum Gasteiger partial charge on any atom is 0.258 e. The van der Waals surface area contributed by atoms with Gasteiger partial charge in [-0.15, -0.1) is 11.3 Å². The number of benzene rings is 2. The predicted octanol–water partition coefficient (Wildman–Crippen LogP) is 5.14. The van der Waals surface area contributed by atoms with Crippen LogP contribution in [0.15, 0.2) is 53.9 Å². The third kappa shape index (κ3) is 6.08. The highest BCUT2D eigenvalue weighted by Crippen LogP contribution is 2.27. The molecular formula is C25H30N2O4S. The molecule has 0 saturated heterocycles. The number of hydrogen-bond donors (Lipinski definition) is 0. The Kier molecular flexibility index (Phi) is 8.64. The molecule has 7 heteroatoms. The van der Waals surface area contributed by atoms with Gasteiger partial charge in [0.05, 0.1) is 31.5 Å². The fourth-order valence-corrected chi connectivity index (χ4v) is 4.05. The molecule has 32 heavy (non-hydrogen) atoms. The molecule has 0 spiro atoms. The lowest BCUT2D eigenvalue weighted by molar-refractivity contribution is 0.0675. The van der Waals surface area contributed by atoms with Crippen molar-refractivity contribution in [3.8, 4) is 11.5 Å². The van der Waals surface area contributed by atoms with Gasteiger partial charge in [0.2, 0.25) is 0 Å². The highest BCUT2D eigenvalue weighted by atomic mass is 32.1. The summed E-state index contributed by atoms with van der Waals surface area (Å²) < 4.78 is 16.6. The second-order valence-corrected chi connectivity index (χ2v) is 8.58. The molecule has 0 fully saturated rings. The van der Waals surface area contributed by atoms with Gasteiger partial charge in [0.25, 0.3) is 5.91 Å². The number of hydrogen-bond acceptors (Lipinski definition) is 6. The Balaban J connectivity index is 1.70. The highest BCUT2D eigenvalue weighted by molar-refractivity contribution is 7.09. The molecule has 6 nitrogen and oxygen atoms in total. The van der Waals surface area contributed by atoms with Gasteiger partial charge in [-0.3, -0.25) is 4.79 Å². The van der Waals surface area contributed by atoms with E-state index in [1.807, 2.05) is 35.7 Å². The molecule has 1 amide bonds. The molecule has 2 aromatic carbocycles. The summed E-state index contributed by atoms with van der Waals surface area (Å²) in [5, 5.41) is 2.84. The number of carbonyl (C=O) groups is 1. The lowest BCUT2D eigenvalue weighted by atomic mass is 10.0. The Hall–Kier alpha value is -2.90. The van der Waals surface area contributed by atoms with E-state index in [9.17, 15) is 4.79 Å². The van der Waals surface area contributed by atoms with Gasteiger partial charge in [-0.25, -0.2) is 4.98 Å². The van der Waals surface area contributed by atoms with E-state index in [2.05, 4.69) is 19.9 Å². The van der Waals surface area contributed by atoms with Gasteiger partial charge in [-0.2, -0.15) is 0 Å². The SMILES string of the molecule is COCCN(Cc1csc(COc2ccccc2C(C)C)n1)C(=O)c1ccccc1OC. The summed E-state index contributed by atoms with van der Waals surface area (Å²) in [5.41, 5.74) is 2.53. The van der Waals surface area contributed by atoms with Crippen LogP contribution in [0.2, 0.25) is 0 Å². The van der Waals surface area contributed by atoms with Gasteiger partial charge in [0.15, 0.2) is 0 Å². The van der Waals surface area contributed by atoms with Crippen LogP contribution in [-0.2, 0) is 17.9 Å². The molecule has 170 valence electrons. The Labute approximate surface area is 193 Å². The number of amides is 1. The van der Waals surface area contributed by atoms with Crippen molar-refractivity contribution < 1.29 is 19.0 Å². The van der Waals surface area contributed by atoms with Crippen LogP contribution in [0.1, 0.15) is 46.4 Å². The van der Waals surface area contributed by atoms with E-state index < -0.39 is 0 Å². The Morgan fingerprint density at radius 1 is 1.06 bits per heavy atom. The molecule has 0 bridgehead atoms. The number of para-hydroxylation sites is 2. The lowest BCUT2D eigenvalue weighted by Gasteiger charge is -2.22. The van der Waals surface area contributed by atoms with E-state index in [4.69, 9.17) is 19.2 Å². The predicted molar refractivity (Wildman–Crippen MR) is 127 cm³/mol. The van der Waals surface area contributed by atoms with E-state index in [1.54, 1.807) is 31.3 Å².